The van der Waals surface area contributed by atoms with Crippen LogP contribution in [0, 0.1) is 0 Å². The second-order valence-corrected chi connectivity index (χ2v) is 7.08. The number of ether oxygens (including phenoxy) is 1. The zero-order chi connectivity index (χ0) is 17.2. The van der Waals surface area contributed by atoms with Gasteiger partial charge in [0.25, 0.3) is 5.91 Å². The van der Waals surface area contributed by atoms with E-state index in [1.54, 1.807) is 30.0 Å². The van der Waals surface area contributed by atoms with Gasteiger partial charge in [-0.25, -0.2) is 0 Å². The van der Waals surface area contributed by atoms with E-state index in [1.165, 1.54) is 4.88 Å². The summed E-state index contributed by atoms with van der Waals surface area (Å²) >= 11 is 3.37. The molecule has 1 amide bonds. The smallest absolute Gasteiger partial charge is 0.305 e. The van der Waals surface area contributed by atoms with Gasteiger partial charge in [0.2, 0.25) is 0 Å². The maximum atomic E-state index is 12.4. The number of rotatable bonds is 9. The molecule has 2 rings (SSSR count). The maximum Gasteiger partial charge on any atom is 0.305 e. The van der Waals surface area contributed by atoms with Gasteiger partial charge in [0, 0.05) is 28.5 Å². The van der Waals surface area contributed by atoms with Crippen molar-refractivity contribution in [2.24, 2.45) is 0 Å². The molecule has 0 bridgehead atoms. The van der Waals surface area contributed by atoms with Gasteiger partial charge < -0.3 is 10.1 Å². The first kappa shape index (κ1) is 18.5. The lowest BCUT2D eigenvalue weighted by molar-refractivity contribution is -0.143. The van der Waals surface area contributed by atoms with E-state index >= 15 is 0 Å². The molecule has 1 heterocycles. The van der Waals surface area contributed by atoms with Crippen LogP contribution in [0.4, 0.5) is 0 Å². The van der Waals surface area contributed by atoms with Crippen LogP contribution >= 0.6 is 23.1 Å². The van der Waals surface area contributed by atoms with Crippen molar-refractivity contribution in [1.82, 2.24) is 5.32 Å². The van der Waals surface area contributed by atoms with Gasteiger partial charge in [0.05, 0.1) is 12.2 Å². The Morgan fingerprint density at radius 2 is 2.04 bits per heavy atom. The average molecular weight is 364 g/mol. The molecule has 0 saturated carbocycles. The number of benzene rings is 1. The van der Waals surface area contributed by atoms with Gasteiger partial charge in [-0.1, -0.05) is 18.2 Å². The molecule has 2 aromatic rings. The molecule has 128 valence electrons. The van der Waals surface area contributed by atoms with Crippen molar-refractivity contribution >= 4 is 35.0 Å². The quantitative estimate of drug-likeness (QED) is 0.414. The van der Waals surface area contributed by atoms with Gasteiger partial charge in [-0.2, -0.15) is 0 Å². The number of thiophene rings is 1. The van der Waals surface area contributed by atoms with E-state index in [9.17, 15) is 9.59 Å². The minimum absolute atomic E-state index is 0.104. The molecule has 4 nitrogen and oxygen atoms in total. The van der Waals surface area contributed by atoms with E-state index in [1.807, 2.05) is 30.3 Å². The molecule has 0 aliphatic carbocycles. The van der Waals surface area contributed by atoms with Crippen molar-refractivity contribution in [2.75, 3.05) is 13.2 Å². The lowest BCUT2D eigenvalue weighted by Gasteiger charge is -2.09. The van der Waals surface area contributed by atoms with Gasteiger partial charge in [0.15, 0.2) is 0 Å². The summed E-state index contributed by atoms with van der Waals surface area (Å²) in [6.07, 6.45) is 0.901. The van der Waals surface area contributed by atoms with Crippen molar-refractivity contribution in [3.05, 3.63) is 52.2 Å². The van der Waals surface area contributed by atoms with Crippen molar-refractivity contribution in [1.29, 1.82) is 0 Å². The van der Waals surface area contributed by atoms with Crippen LogP contribution in [0.25, 0.3) is 0 Å². The van der Waals surface area contributed by atoms with E-state index in [2.05, 4.69) is 16.8 Å². The minimum Gasteiger partial charge on any atom is -0.466 e. The summed E-state index contributed by atoms with van der Waals surface area (Å²) < 4.78 is 4.87. The molecular weight excluding hydrogens is 342 g/mol. The molecule has 0 radical (unpaired) electrons. The predicted molar refractivity (Wildman–Crippen MR) is 98.5 cm³/mol. The SMILES string of the molecule is CCOC(=O)CCCNC(=O)c1ccccc1SCc1cccs1. The molecule has 0 fully saturated rings. The fourth-order valence-electron chi connectivity index (χ4n) is 2.09. The second-order valence-electron chi connectivity index (χ2n) is 5.03. The molecule has 6 heteroatoms. The van der Waals surface area contributed by atoms with Gasteiger partial charge in [0.1, 0.15) is 0 Å². The Labute approximate surface area is 150 Å². The highest BCUT2D eigenvalue weighted by Crippen LogP contribution is 2.27. The highest BCUT2D eigenvalue weighted by Gasteiger charge is 2.11. The monoisotopic (exact) mass is 363 g/mol. The maximum absolute atomic E-state index is 12.4. The van der Waals surface area contributed by atoms with Crippen molar-refractivity contribution < 1.29 is 14.3 Å². The first-order chi connectivity index (χ1) is 11.7. The highest BCUT2D eigenvalue weighted by molar-refractivity contribution is 7.98. The molecule has 1 aromatic carbocycles. The van der Waals surface area contributed by atoms with Crippen molar-refractivity contribution in [2.45, 2.75) is 30.4 Å². The first-order valence-electron chi connectivity index (χ1n) is 7.88. The fraction of sp³-hybridized carbons (Fsp3) is 0.333. The van der Waals surface area contributed by atoms with Crippen LogP contribution in [-0.2, 0) is 15.3 Å². The summed E-state index contributed by atoms with van der Waals surface area (Å²) in [5.41, 5.74) is 0.676. The Morgan fingerprint density at radius 1 is 1.21 bits per heavy atom. The number of thioether (sulfide) groups is 1. The van der Waals surface area contributed by atoms with Gasteiger partial charge >= 0.3 is 5.97 Å². The van der Waals surface area contributed by atoms with E-state index in [4.69, 9.17) is 4.74 Å². The predicted octanol–water partition coefficient (Wildman–Crippen LogP) is 4.11. The molecule has 0 saturated heterocycles. The van der Waals surface area contributed by atoms with E-state index < -0.39 is 0 Å². The summed E-state index contributed by atoms with van der Waals surface area (Å²) in [5, 5.41) is 4.93. The minimum atomic E-state index is -0.223. The topological polar surface area (TPSA) is 55.4 Å². The Bertz CT molecular complexity index is 656. The summed E-state index contributed by atoms with van der Waals surface area (Å²) in [6, 6.07) is 11.7. The van der Waals surface area contributed by atoms with Crippen LogP contribution in [0.3, 0.4) is 0 Å². The molecular formula is C18H21NO3S2. The standard InChI is InChI=1S/C18H21NO3S2/c1-2-22-17(20)10-5-11-19-18(21)15-8-3-4-9-16(15)24-13-14-7-6-12-23-14/h3-4,6-9,12H,2,5,10-11,13H2,1H3,(H,19,21). The largest absolute Gasteiger partial charge is 0.466 e. The van der Waals surface area contributed by atoms with Crippen molar-refractivity contribution in [3.63, 3.8) is 0 Å². The van der Waals surface area contributed by atoms with Crippen LogP contribution in [0.5, 0.6) is 0 Å². The number of hydrogen-bond donors (Lipinski definition) is 1. The molecule has 0 aliphatic heterocycles. The van der Waals surface area contributed by atoms with Crippen LogP contribution < -0.4 is 5.32 Å². The zero-order valence-electron chi connectivity index (χ0n) is 13.6. The third-order valence-corrected chi connectivity index (χ3v) is 5.41. The number of carbonyl (C=O) groups is 2. The highest BCUT2D eigenvalue weighted by atomic mass is 32.2. The van der Waals surface area contributed by atoms with Crippen LogP contribution in [-0.4, -0.2) is 25.0 Å². The van der Waals surface area contributed by atoms with Gasteiger partial charge in [-0.05, 0) is 36.9 Å². The third-order valence-electron chi connectivity index (χ3n) is 3.23. The molecule has 1 N–H and O–H groups in total. The lowest BCUT2D eigenvalue weighted by atomic mass is 10.2. The number of amides is 1. The number of carbonyl (C=O) groups excluding carboxylic acids is 2. The van der Waals surface area contributed by atoms with Crippen LogP contribution in [0.1, 0.15) is 35.0 Å². The molecule has 24 heavy (non-hydrogen) atoms. The molecule has 0 aliphatic rings. The van der Waals surface area contributed by atoms with Crippen LogP contribution in [0.15, 0.2) is 46.7 Å². The second kappa shape index (κ2) is 10.2. The Kier molecular flexibility index (Phi) is 7.85. The third kappa shape index (κ3) is 6.02. The molecule has 0 unspecified atom stereocenters. The number of hydrogen-bond acceptors (Lipinski definition) is 5. The number of nitrogens with one attached hydrogen (secondary N) is 1. The molecule has 0 spiro atoms. The van der Waals surface area contributed by atoms with Crippen LogP contribution in [0.2, 0.25) is 0 Å². The fourth-order valence-corrected chi connectivity index (χ4v) is 3.91. The van der Waals surface area contributed by atoms with E-state index in [0.717, 1.165) is 10.6 Å². The van der Waals surface area contributed by atoms with Gasteiger partial charge in [-0.3, -0.25) is 9.59 Å². The Balaban J connectivity index is 1.84. The number of esters is 1. The summed E-state index contributed by atoms with van der Waals surface area (Å²) in [4.78, 5) is 25.9. The Hall–Kier alpha value is -1.79. The van der Waals surface area contributed by atoms with E-state index in [0.29, 0.717) is 31.6 Å². The normalized spacial score (nSPS) is 10.4. The zero-order valence-corrected chi connectivity index (χ0v) is 15.3. The average Bonchev–Trinajstić information content (AvgIpc) is 3.11. The lowest BCUT2D eigenvalue weighted by Crippen LogP contribution is -2.25. The summed E-state index contributed by atoms with van der Waals surface area (Å²) in [5.74, 6) is 0.525. The molecule has 0 atom stereocenters. The van der Waals surface area contributed by atoms with Gasteiger partial charge in [-0.15, -0.1) is 23.1 Å². The van der Waals surface area contributed by atoms with Crippen molar-refractivity contribution in [3.8, 4) is 0 Å². The Morgan fingerprint density at radius 3 is 2.79 bits per heavy atom. The summed E-state index contributed by atoms with van der Waals surface area (Å²) in [7, 11) is 0. The van der Waals surface area contributed by atoms with E-state index in [-0.39, 0.29) is 11.9 Å². The summed E-state index contributed by atoms with van der Waals surface area (Å²) in [6.45, 7) is 2.63. The first-order valence-corrected chi connectivity index (χ1v) is 9.75. The molecule has 1 aromatic heterocycles.